The topological polar surface area (TPSA) is 63.6 Å². The minimum Gasteiger partial charge on any atom is -0.323 e. The number of hydrogen-bond acceptors (Lipinski definition) is 5. The lowest BCUT2D eigenvalue weighted by molar-refractivity contribution is 1.17. The van der Waals surface area contributed by atoms with E-state index in [9.17, 15) is 0 Å². The second-order valence-electron chi connectivity index (χ2n) is 3.94. The molecule has 0 atom stereocenters. The van der Waals surface area contributed by atoms with Crippen LogP contribution in [0.5, 0.6) is 0 Å². The van der Waals surface area contributed by atoms with Crippen molar-refractivity contribution >= 4 is 22.5 Å². The fraction of sp³-hybridized carbons (Fsp3) is 0.0769. The Hall–Kier alpha value is -2.56. The maximum absolute atomic E-state index is 4.38. The molecule has 0 fully saturated rings. The Morgan fingerprint density at radius 2 is 1.94 bits per heavy atom. The third-order valence-electron chi connectivity index (χ3n) is 2.55. The van der Waals surface area contributed by atoms with Crippen molar-refractivity contribution in [3.8, 4) is 0 Å². The molecule has 0 bridgehead atoms. The zero-order valence-electron chi connectivity index (χ0n) is 9.83. The average Bonchev–Trinajstić information content (AvgIpc) is 2.41. The van der Waals surface area contributed by atoms with Crippen molar-refractivity contribution in [3.63, 3.8) is 0 Å². The number of pyridine rings is 2. The van der Waals surface area contributed by atoms with Crippen LogP contribution in [0.3, 0.4) is 0 Å². The molecule has 0 aliphatic heterocycles. The molecule has 0 amide bonds. The number of aromatic nitrogens is 4. The van der Waals surface area contributed by atoms with Crippen molar-refractivity contribution in [1.29, 1.82) is 0 Å². The molecule has 5 nitrogen and oxygen atoms in total. The van der Waals surface area contributed by atoms with Gasteiger partial charge in [0.05, 0.1) is 23.6 Å². The molecule has 3 aromatic heterocycles. The molecule has 88 valence electrons. The van der Waals surface area contributed by atoms with Crippen molar-refractivity contribution in [2.45, 2.75) is 6.92 Å². The lowest BCUT2D eigenvalue weighted by Gasteiger charge is -2.05. The first-order valence-corrected chi connectivity index (χ1v) is 5.58. The lowest BCUT2D eigenvalue weighted by atomic mass is 10.3. The van der Waals surface area contributed by atoms with Gasteiger partial charge in [-0.15, -0.1) is 0 Å². The van der Waals surface area contributed by atoms with Crippen molar-refractivity contribution in [2.24, 2.45) is 0 Å². The molecule has 0 aliphatic carbocycles. The average molecular weight is 237 g/mol. The van der Waals surface area contributed by atoms with E-state index in [1.807, 2.05) is 25.1 Å². The van der Waals surface area contributed by atoms with Crippen molar-refractivity contribution < 1.29 is 0 Å². The van der Waals surface area contributed by atoms with E-state index in [0.29, 0.717) is 5.95 Å². The van der Waals surface area contributed by atoms with E-state index in [0.717, 1.165) is 22.3 Å². The third kappa shape index (κ3) is 2.10. The summed E-state index contributed by atoms with van der Waals surface area (Å²) < 4.78 is 0. The predicted octanol–water partition coefficient (Wildman–Crippen LogP) is 2.47. The van der Waals surface area contributed by atoms with E-state index in [1.165, 1.54) is 0 Å². The van der Waals surface area contributed by atoms with E-state index in [4.69, 9.17) is 0 Å². The summed E-state index contributed by atoms with van der Waals surface area (Å²) in [5, 5.41) is 4.08. The van der Waals surface area contributed by atoms with Crippen molar-refractivity contribution in [3.05, 3.63) is 48.7 Å². The van der Waals surface area contributed by atoms with Gasteiger partial charge in [0.25, 0.3) is 0 Å². The van der Waals surface area contributed by atoms with Crippen LogP contribution in [0.1, 0.15) is 5.69 Å². The number of rotatable bonds is 2. The quantitative estimate of drug-likeness (QED) is 0.741. The molecule has 0 aliphatic rings. The standard InChI is InChI=1S/C13H11N5/c1-9-2-3-11(7-15-9)17-13-16-6-10-4-5-14-8-12(10)18-13/h2-8H,1H3,(H,16,17,18). The molecule has 3 rings (SSSR count). The highest BCUT2D eigenvalue weighted by Crippen LogP contribution is 2.14. The second kappa shape index (κ2) is 4.37. The first-order chi connectivity index (χ1) is 8.81. The van der Waals surface area contributed by atoms with E-state index >= 15 is 0 Å². The van der Waals surface area contributed by atoms with Gasteiger partial charge in [0.15, 0.2) is 0 Å². The zero-order valence-corrected chi connectivity index (χ0v) is 9.83. The largest absolute Gasteiger partial charge is 0.323 e. The van der Waals surface area contributed by atoms with Crippen LogP contribution in [-0.4, -0.2) is 19.9 Å². The number of aryl methyl sites for hydroxylation is 1. The number of anilines is 2. The van der Waals surface area contributed by atoms with Gasteiger partial charge in [0.2, 0.25) is 5.95 Å². The Kier molecular flexibility index (Phi) is 2.57. The maximum Gasteiger partial charge on any atom is 0.227 e. The first kappa shape index (κ1) is 10.6. The Balaban J connectivity index is 1.92. The molecule has 3 heterocycles. The molecule has 1 N–H and O–H groups in total. The van der Waals surface area contributed by atoms with Gasteiger partial charge in [0.1, 0.15) is 0 Å². The van der Waals surface area contributed by atoms with E-state index in [1.54, 1.807) is 24.8 Å². The molecule has 18 heavy (non-hydrogen) atoms. The Morgan fingerprint density at radius 3 is 2.78 bits per heavy atom. The predicted molar refractivity (Wildman–Crippen MR) is 69.6 cm³/mol. The molecule has 0 spiro atoms. The SMILES string of the molecule is Cc1ccc(Nc2ncc3ccncc3n2)cn1. The summed E-state index contributed by atoms with van der Waals surface area (Å²) in [6, 6.07) is 5.76. The smallest absolute Gasteiger partial charge is 0.227 e. The molecule has 0 saturated heterocycles. The highest BCUT2D eigenvalue weighted by Gasteiger charge is 2.00. The molecule has 0 radical (unpaired) electrons. The van der Waals surface area contributed by atoms with Crippen LogP contribution in [0, 0.1) is 6.92 Å². The number of nitrogens with one attached hydrogen (secondary N) is 1. The van der Waals surface area contributed by atoms with Crippen LogP contribution in [0.4, 0.5) is 11.6 Å². The van der Waals surface area contributed by atoms with Gasteiger partial charge in [-0.05, 0) is 25.1 Å². The summed E-state index contributed by atoms with van der Waals surface area (Å²) in [6.07, 6.45) is 6.97. The van der Waals surface area contributed by atoms with E-state index in [-0.39, 0.29) is 0 Å². The van der Waals surface area contributed by atoms with Crippen LogP contribution in [0.15, 0.2) is 43.0 Å². The van der Waals surface area contributed by atoms with Crippen LogP contribution in [0.25, 0.3) is 10.9 Å². The van der Waals surface area contributed by atoms with Gasteiger partial charge in [-0.25, -0.2) is 9.97 Å². The van der Waals surface area contributed by atoms with Gasteiger partial charge in [0, 0.05) is 23.5 Å². The summed E-state index contributed by atoms with van der Waals surface area (Å²) in [6.45, 7) is 1.95. The number of nitrogens with zero attached hydrogens (tertiary/aromatic N) is 4. The number of fused-ring (bicyclic) bond motifs is 1. The Morgan fingerprint density at radius 1 is 1.00 bits per heavy atom. The van der Waals surface area contributed by atoms with Gasteiger partial charge in [-0.2, -0.15) is 0 Å². The number of hydrogen-bond donors (Lipinski definition) is 1. The third-order valence-corrected chi connectivity index (χ3v) is 2.55. The van der Waals surface area contributed by atoms with Gasteiger partial charge >= 0.3 is 0 Å². The van der Waals surface area contributed by atoms with Crippen LogP contribution < -0.4 is 5.32 Å². The molecular formula is C13H11N5. The van der Waals surface area contributed by atoms with Gasteiger partial charge < -0.3 is 5.32 Å². The van der Waals surface area contributed by atoms with Crippen LogP contribution in [-0.2, 0) is 0 Å². The first-order valence-electron chi connectivity index (χ1n) is 5.58. The Bertz CT molecular complexity index is 678. The minimum atomic E-state index is 0.543. The fourth-order valence-corrected chi connectivity index (χ4v) is 1.60. The summed E-state index contributed by atoms with van der Waals surface area (Å²) in [4.78, 5) is 16.9. The van der Waals surface area contributed by atoms with Crippen LogP contribution in [0.2, 0.25) is 0 Å². The lowest BCUT2D eigenvalue weighted by Crippen LogP contribution is -1.97. The van der Waals surface area contributed by atoms with Gasteiger partial charge in [-0.3, -0.25) is 9.97 Å². The fourth-order valence-electron chi connectivity index (χ4n) is 1.60. The van der Waals surface area contributed by atoms with Crippen LogP contribution >= 0.6 is 0 Å². The highest BCUT2D eigenvalue weighted by molar-refractivity contribution is 5.77. The van der Waals surface area contributed by atoms with E-state index in [2.05, 4.69) is 25.3 Å². The molecule has 0 unspecified atom stereocenters. The Labute approximate surface area is 104 Å². The van der Waals surface area contributed by atoms with Gasteiger partial charge in [-0.1, -0.05) is 0 Å². The maximum atomic E-state index is 4.38. The van der Waals surface area contributed by atoms with Crippen molar-refractivity contribution in [2.75, 3.05) is 5.32 Å². The molecule has 0 aromatic carbocycles. The normalized spacial score (nSPS) is 10.5. The summed E-state index contributed by atoms with van der Waals surface area (Å²) >= 11 is 0. The summed E-state index contributed by atoms with van der Waals surface area (Å²) in [7, 11) is 0. The molecule has 5 heteroatoms. The van der Waals surface area contributed by atoms with Crippen molar-refractivity contribution in [1.82, 2.24) is 19.9 Å². The zero-order chi connectivity index (χ0) is 12.4. The second-order valence-corrected chi connectivity index (χ2v) is 3.94. The summed E-state index contributed by atoms with van der Waals surface area (Å²) in [5.74, 6) is 0.543. The monoisotopic (exact) mass is 237 g/mol. The minimum absolute atomic E-state index is 0.543. The molecular weight excluding hydrogens is 226 g/mol. The highest BCUT2D eigenvalue weighted by atomic mass is 15.1. The molecule has 0 saturated carbocycles. The summed E-state index contributed by atoms with van der Waals surface area (Å²) in [5.41, 5.74) is 2.66. The molecule has 3 aromatic rings. The van der Waals surface area contributed by atoms with E-state index < -0.39 is 0 Å².